The Bertz CT molecular complexity index is 507. The van der Waals surface area contributed by atoms with Crippen LogP contribution in [-0.4, -0.2) is 14.7 Å². The van der Waals surface area contributed by atoms with E-state index in [9.17, 15) is 5.11 Å². The third-order valence-corrected chi connectivity index (χ3v) is 2.57. The molecular weight excluding hydrogens is 236 g/mol. The highest BCUT2D eigenvalue weighted by Gasteiger charge is 2.15. The van der Waals surface area contributed by atoms with Gasteiger partial charge in [-0.25, -0.2) is 4.98 Å². The number of aliphatic hydroxyl groups is 1. The number of halogens is 1. The topological polar surface area (TPSA) is 38.0 Å². The van der Waals surface area contributed by atoms with Crippen molar-refractivity contribution in [2.24, 2.45) is 0 Å². The minimum absolute atomic E-state index is 0.445. The summed E-state index contributed by atoms with van der Waals surface area (Å²) in [7, 11) is 0. The van der Waals surface area contributed by atoms with E-state index in [2.05, 4.69) is 11.6 Å². The summed E-state index contributed by atoms with van der Waals surface area (Å²) < 4.78 is 1.78. The van der Waals surface area contributed by atoms with Gasteiger partial charge < -0.3 is 9.67 Å². The molecule has 0 saturated heterocycles. The van der Waals surface area contributed by atoms with Crippen molar-refractivity contribution in [3.05, 3.63) is 65.7 Å². The van der Waals surface area contributed by atoms with Gasteiger partial charge in [0.05, 0.1) is 6.54 Å². The fourth-order valence-electron chi connectivity index (χ4n) is 1.67. The molecule has 0 saturated carbocycles. The third-order valence-electron chi connectivity index (χ3n) is 2.45. The fraction of sp³-hybridized carbons (Fsp3) is 0.154. The second kappa shape index (κ2) is 5.17. The molecule has 1 N–H and O–H groups in total. The van der Waals surface area contributed by atoms with Crippen LogP contribution >= 0.6 is 11.6 Å². The predicted octanol–water partition coefficient (Wildman–Crippen LogP) is 2.72. The van der Waals surface area contributed by atoms with Crippen molar-refractivity contribution >= 4 is 11.6 Å². The van der Waals surface area contributed by atoms with Gasteiger partial charge in [-0.2, -0.15) is 0 Å². The molecule has 1 atom stereocenters. The first kappa shape index (κ1) is 11.9. The Morgan fingerprint density at radius 3 is 2.76 bits per heavy atom. The molecule has 0 spiro atoms. The Morgan fingerprint density at radius 2 is 2.12 bits per heavy atom. The minimum Gasteiger partial charge on any atom is -0.380 e. The molecule has 3 nitrogen and oxygen atoms in total. The number of hydrogen-bond acceptors (Lipinski definition) is 2. The highest BCUT2D eigenvalue weighted by atomic mass is 35.5. The zero-order valence-corrected chi connectivity index (χ0v) is 10.0. The van der Waals surface area contributed by atoms with Gasteiger partial charge in [-0.05, 0) is 5.56 Å². The van der Waals surface area contributed by atoms with Crippen molar-refractivity contribution in [1.29, 1.82) is 0 Å². The van der Waals surface area contributed by atoms with Crippen molar-refractivity contribution in [2.45, 2.75) is 12.6 Å². The van der Waals surface area contributed by atoms with Gasteiger partial charge in [-0.3, -0.25) is 0 Å². The maximum absolute atomic E-state index is 10.2. The monoisotopic (exact) mass is 248 g/mol. The van der Waals surface area contributed by atoms with Crippen LogP contribution in [0, 0.1) is 0 Å². The maximum Gasteiger partial charge on any atom is 0.142 e. The van der Waals surface area contributed by atoms with Crippen LogP contribution in [0.4, 0.5) is 0 Å². The Hall–Kier alpha value is -1.58. The highest BCUT2D eigenvalue weighted by molar-refractivity contribution is 6.29. The SMILES string of the molecule is C=C(Cl)Cn1ccnc1C(O)c1ccccc1. The summed E-state index contributed by atoms with van der Waals surface area (Å²) in [5, 5.41) is 10.7. The molecule has 1 aromatic heterocycles. The lowest BCUT2D eigenvalue weighted by atomic mass is 10.1. The molecule has 0 aliphatic carbocycles. The molecule has 2 aromatic rings. The van der Waals surface area contributed by atoms with E-state index >= 15 is 0 Å². The summed E-state index contributed by atoms with van der Waals surface area (Å²) in [6, 6.07) is 9.39. The summed E-state index contributed by atoms with van der Waals surface area (Å²) in [5.41, 5.74) is 0.806. The zero-order valence-electron chi connectivity index (χ0n) is 9.25. The molecule has 1 unspecified atom stereocenters. The van der Waals surface area contributed by atoms with E-state index in [0.29, 0.717) is 17.4 Å². The van der Waals surface area contributed by atoms with Gasteiger partial charge in [0.25, 0.3) is 0 Å². The third kappa shape index (κ3) is 2.75. The highest BCUT2D eigenvalue weighted by Crippen LogP contribution is 2.20. The van der Waals surface area contributed by atoms with Crippen molar-refractivity contribution in [3.8, 4) is 0 Å². The average molecular weight is 249 g/mol. The lowest BCUT2D eigenvalue weighted by Crippen LogP contribution is -2.09. The van der Waals surface area contributed by atoms with Crippen LogP contribution in [0.2, 0.25) is 0 Å². The second-order valence-electron chi connectivity index (χ2n) is 3.74. The second-order valence-corrected chi connectivity index (χ2v) is 4.28. The van der Waals surface area contributed by atoms with Gasteiger partial charge in [0.1, 0.15) is 11.9 Å². The van der Waals surface area contributed by atoms with Gasteiger partial charge in [-0.15, -0.1) is 0 Å². The lowest BCUT2D eigenvalue weighted by molar-refractivity contribution is 0.205. The van der Waals surface area contributed by atoms with Crippen LogP contribution in [0.15, 0.2) is 54.3 Å². The van der Waals surface area contributed by atoms with Gasteiger partial charge in [0, 0.05) is 17.4 Å². The number of imidazole rings is 1. The molecule has 1 heterocycles. The summed E-state index contributed by atoms with van der Waals surface area (Å²) in [4.78, 5) is 4.16. The first-order valence-electron chi connectivity index (χ1n) is 5.26. The number of nitrogens with zero attached hydrogens (tertiary/aromatic N) is 2. The van der Waals surface area contributed by atoms with Crippen molar-refractivity contribution in [3.63, 3.8) is 0 Å². The van der Waals surface area contributed by atoms with E-state index in [1.165, 1.54) is 0 Å². The average Bonchev–Trinajstić information content (AvgIpc) is 2.76. The molecular formula is C13H13ClN2O. The van der Waals surface area contributed by atoms with E-state index in [4.69, 9.17) is 11.6 Å². The van der Waals surface area contributed by atoms with E-state index in [1.807, 2.05) is 30.3 Å². The molecule has 0 aliphatic heterocycles. The molecule has 2 rings (SSSR count). The fourth-order valence-corrected chi connectivity index (χ4v) is 1.80. The molecule has 4 heteroatoms. The van der Waals surface area contributed by atoms with Crippen LogP contribution in [0.1, 0.15) is 17.5 Å². The predicted molar refractivity (Wildman–Crippen MR) is 67.7 cm³/mol. The van der Waals surface area contributed by atoms with Gasteiger partial charge in [0.2, 0.25) is 0 Å². The summed E-state index contributed by atoms with van der Waals surface area (Å²) in [6.07, 6.45) is 2.67. The van der Waals surface area contributed by atoms with E-state index < -0.39 is 6.10 Å². The Labute approximate surface area is 105 Å². The van der Waals surface area contributed by atoms with Gasteiger partial charge in [-0.1, -0.05) is 48.5 Å². The normalized spacial score (nSPS) is 12.4. The molecule has 0 fully saturated rings. The molecule has 0 aliphatic rings. The quantitative estimate of drug-likeness (QED) is 0.904. The van der Waals surface area contributed by atoms with Gasteiger partial charge >= 0.3 is 0 Å². The van der Waals surface area contributed by atoms with Crippen LogP contribution in [-0.2, 0) is 6.54 Å². The van der Waals surface area contributed by atoms with Crippen LogP contribution in [0.3, 0.4) is 0 Å². The van der Waals surface area contributed by atoms with Gasteiger partial charge in [0.15, 0.2) is 0 Å². The molecule has 0 amide bonds. The number of benzene rings is 1. The Morgan fingerprint density at radius 1 is 1.41 bits per heavy atom. The number of hydrogen-bond donors (Lipinski definition) is 1. The molecule has 88 valence electrons. The van der Waals surface area contributed by atoms with Crippen LogP contribution in [0.5, 0.6) is 0 Å². The zero-order chi connectivity index (χ0) is 12.3. The summed E-state index contributed by atoms with van der Waals surface area (Å²) >= 11 is 5.77. The van der Waals surface area contributed by atoms with Crippen molar-refractivity contribution < 1.29 is 5.11 Å². The first-order valence-corrected chi connectivity index (χ1v) is 5.63. The van der Waals surface area contributed by atoms with Crippen LogP contribution in [0.25, 0.3) is 0 Å². The lowest BCUT2D eigenvalue weighted by Gasteiger charge is -2.13. The smallest absolute Gasteiger partial charge is 0.142 e. The number of allylic oxidation sites excluding steroid dienone is 1. The summed E-state index contributed by atoms with van der Waals surface area (Å²) in [5.74, 6) is 0.568. The van der Waals surface area contributed by atoms with Crippen molar-refractivity contribution in [2.75, 3.05) is 0 Å². The number of rotatable bonds is 4. The van der Waals surface area contributed by atoms with E-state index in [0.717, 1.165) is 5.56 Å². The maximum atomic E-state index is 10.2. The summed E-state index contributed by atoms with van der Waals surface area (Å²) in [6.45, 7) is 4.08. The molecule has 1 aromatic carbocycles. The Kier molecular flexibility index (Phi) is 3.61. The van der Waals surface area contributed by atoms with Crippen LogP contribution < -0.4 is 0 Å². The number of aliphatic hydroxyl groups excluding tert-OH is 1. The molecule has 17 heavy (non-hydrogen) atoms. The van der Waals surface area contributed by atoms with E-state index in [1.54, 1.807) is 17.0 Å². The van der Waals surface area contributed by atoms with E-state index in [-0.39, 0.29) is 0 Å². The standard InChI is InChI=1S/C13H13ClN2O/c1-10(14)9-16-8-7-15-13(16)12(17)11-5-3-2-4-6-11/h2-8,12,17H,1,9H2. The van der Waals surface area contributed by atoms with Crippen molar-refractivity contribution in [1.82, 2.24) is 9.55 Å². The Balaban J connectivity index is 2.28. The minimum atomic E-state index is -0.748. The first-order chi connectivity index (χ1) is 8.18. The molecule has 0 bridgehead atoms. The largest absolute Gasteiger partial charge is 0.380 e. The number of aromatic nitrogens is 2. The molecule has 0 radical (unpaired) electrons.